The summed E-state index contributed by atoms with van der Waals surface area (Å²) in [6, 6.07) is 0. The zero-order valence-electron chi connectivity index (χ0n) is 6.81. The molecular formula is C6H18N2O. The number of rotatable bonds is 2. The molecule has 0 aliphatic heterocycles. The van der Waals surface area contributed by atoms with Crippen LogP contribution in [0.4, 0.5) is 0 Å². The van der Waals surface area contributed by atoms with Crippen molar-refractivity contribution >= 4 is 0 Å². The van der Waals surface area contributed by atoms with Gasteiger partial charge >= 0.3 is 0 Å². The smallest absolute Gasteiger partial charge is 0.0209 e. The van der Waals surface area contributed by atoms with Crippen molar-refractivity contribution in [3.63, 3.8) is 0 Å². The first-order valence-corrected chi connectivity index (χ1v) is 3.25. The minimum Gasteiger partial charge on any atom is -0.323 e. The van der Waals surface area contributed by atoms with Crippen LogP contribution < -0.4 is 5.32 Å². The Morgan fingerprint density at radius 2 is 1.44 bits per heavy atom. The van der Waals surface area contributed by atoms with Gasteiger partial charge in [-0.3, -0.25) is 0 Å². The van der Waals surface area contributed by atoms with Crippen LogP contribution >= 0.6 is 0 Å². The molecule has 3 nitrogen and oxygen atoms in total. The predicted molar refractivity (Wildman–Crippen MR) is 39.7 cm³/mol. The third kappa shape index (κ3) is 18.1. The average Bonchev–Trinajstić information content (AvgIpc) is 1.88. The quantitative estimate of drug-likeness (QED) is 0.541. The number of nitrogens with one attached hydrogen (secondary N) is 1. The molecule has 0 aliphatic rings. The molecule has 0 fully saturated rings. The van der Waals surface area contributed by atoms with Gasteiger partial charge in [0.05, 0.1) is 0 Å². The zero-order chi connectivity index (χ0) is 7.70. The van der Waals surface area contributed by atoms with E-state index >= 15 is 0 Å². The summed E-state index contributed by atoms with van der Waals surface area (Å²) in [5.74, 6) is 0. The Morgan fingerprint density at radius 3 is 1.44 bits per heavy atom. The normalized spacial score (nSPS) is 8.67. The molecular weight excluding hydrogens is 116 g/mol. The van der Waals surface area contributed by atoms with Crippen molar-refractivity contribution in [1.29, 1.82) is 0 Å². The van der Waals surface area contributed by atoms with E-state index in [1.165, 1.54) is 5.06 Å². The predicted octanol–water partition coefficient (Wildman–Crippen LogP) is 0.553. The first-order valence-electron chi connectivity index (χ1n) is 3.25. The molecule has 0 aliphatic carbocycles. The number of nitrogens with zero attached hydrogens (tertiary/aromatic N) is 1. The van der Waals surface area contributed by atoms with Gasteiger partial charge in [-0.2, -0.15) is 5.06 Å². The highest BCUT2D eigenvalue weighted by atomic mass is 16.5. The maximum atomic E-state index is 8.50. The Hall–Kier alpha value is -0.120. The SMILES string of the molecule is CCN(O)CC.CNC. The molecule has 0 aromatic heterocycles. The lowest BCUT2D eigenvalue weighted by atomic mass is 10.6. The Labute approximate surface area is 57.6 Å². The molecule has 0 aromatic rings. The van der Waals surface area contributed by atoms with Crippen LogP contribution in [0.1, 0.15) is 13.8 Å². The summed E-state index contributed by atoms with van der Waals surface area (Å²) in [5, 5.41) is 12.5. The van der Waals surface area contributed by atoms with Crippen molar-refractivity contribution < 1.29 is 5.21 Å². The Morgan fingerprint density at radius 1 is 1.22 bits per heavy atom. The van der Waals surface area contributed by atoms with Gasteiger partial charge in [0.2, 0.25) is 0 Å². The van der Waals surface area contributed by atoms with Crippen LogP contribution in [0.2, 0.25) is 0 Å². The molecule has 0 spiro atoms. The molecule has 0 rings (SSSR count). The van der Waals surface area contributed by atoms with E-state index in [0.717, 1.165) is 13.1 Å². The molecule has 0 amide bonds. The second-order valence-corrected chi connectivity index (χ2v) is 1.64. The largest absolute Gasteiger partial charge is 0.323 e. The van der Waals surface area contributed by atoms with Crippen LogP contribution in [0.15, 0.2) is 0 Å². The van der Waals surface area contributed by atoms with Gasteiger partial charge in [-0.15, -0.1) is 0 Å². The van der Waals surface area contributed by atoms with E-state index in [2.05, 4.69) is 5.32 Å². The van der Waals surface area contributed by atoms with E-state index in [1.54, 1.807) is 0 Å². The van der Waals surface area contributed by atoms with Gasteiger partial charge in [0, 0.05) is 13.1 Å². The lowest BCUT2D eigenvalue weighted by Gasteiger charge is -2.05. The van der Waals surface area contributed by atoms with E-state index in [9.17, 15) is 0 Å². The van der Waals surface area contributed by atoms with E-state index in [1.807, 2.05) is 27.9 Å². The molecule has 0 heterocycles. The number of hydrogen-bond donors (Lipinski definition) is 2. The van der Waals surface area contributed by atoms with Crippen molar-refractivity contribution in [3.05, 3.63) is 0 Å². The van der Waals surface area contributed by atoms with Crippen LogP contribution in [-0.4, -0.2) is 37.5 Å². The van der Waals surface area contributed by atoms with Gasteiger partial charge in [0.1, 0.15) is 0 Å². The fourth-order valence-electron chi connectivity index (χ4n) is 0.224. The summed E-state index contributed by atoms with van der Waals surface area (Å²) >= 11 is 0. The molecule has 0 saturated heterocycles. The maximum Gasteiger partial charge on any atom is 0.0209 e. The van der Waals surface area contributed by atoms with Crippen molar-refractivity contribution in [3.8, 4) is 0 Å². The summed E-state index contributed by atoms with van der Waals surface area (Å²) in [6.07, 6.45) is 0. The van der Waals surface area contributed by atoms with Crippen molar-refractivity contribution in [2.24, 2.45) is 0 Å². The highest BCUT2D eigenvalue weighted by Gasteiger charge is 1.84. The first kappa shape index (κ1) is 11.6. The van der Waals surface area contributed by atoms with E-state index in [-0.39, 0.29) is 0 Å². The van der Waals surface area contributed by atoms with Gasteiger partial charge in [0.25, 0.3) is 0 Å². The molecule has 2 N–H and O–H groups in total. The molecule has 0 radical (unpaired) electrons. The molecule has 3 heteroatoms. The summed E-state index contributed by atoms with van der Waals surface area (Å²) < 4.78 is 0. The van der Waals surface area contributed by atoms with Gasteiger partial charge in [-0.25, -0.2) is 0 Å². The fraction of sp³-hybridized carbons (Fsp3) is 1.00. The topological polar surface area (TPSA) is 35.5 Å². The monoisotopic (exact) mass is 134 g/mol. The number of hydroxylamine groups is 2. The zero-order valence-corrected chi connectivity index (χ0v) is 6.81. The number of hydrogen-bond acceptors (Lipinski definition) is 3. The molecule has 9 heavy (non-hydrogen) atoms. The summed E-state index contributed by atoms with van der Waals surface area (Å²) in [5.41, 5.74) is 0. The first-order chi connectivity index (χ1) is 4.22. The second kappa shape index (κ2) is 10.8. The fourth-order valence-corrected chi connectivity index (χ4v) is 0.224. The standard InChI is InChI=1S/C4H11NO.C2H7N/c1-3-5(6)4-2;1-3-2/h6H,3-4H2,1-2H3;3H,1-2H3. The molecule has 0 atom stereocenters. The minimum atomic E-state index is 0.719. The maximum absolute atomic E-state index is 8.50. The highest BCUT2D eigenvalue weighted by Crippen LogP contribution is 1.73. The van der Waals surface area contributed by atoms with Crippen LogP contribution in [0.5, 0.6) is 0 Å². The average molecular weight is 134 g/mol. The van der Waals surface area contributed by atoms with Crippen LogP contribution in [0.25, 0.3) is 0 Å². The molecule has 0 bridgehead atoms. The van der Waals surface area contributed by atoms with Gasteiger partial charge in [-0.05, 0) is 14.1 Å². The molecule has 0 saturated carbocycles. The van der Waals surface area contributed by atoms with E-state index in [4.69, 9.17) is 5.21 Å². The second-order valence-electron chi connectivity index (χ2n) is 1.64. The summed E-state index contributed by atoms with van der Waals surface area (Å²) in [4.78, 5) is 0. The Kier molecular flexibility index (Phi) is 14.0. The van der Waals surface area contributed by atoms with Gasteiger partial charge < -0.3 is 10.5 Å². The van der Waals surface area contributed by atoms with Gasteiger partial charge in [0.15, 0.2) is 0 Å². The Bertz CT molecular complexity index is 38.0. The van der Waals surface area contributed by atoms with Gasteiger partial charge in [-0.1, -0.05) is 13.8 Å². The van der Waals surface area contributed by atoms with Crippen molar-refractivity contribution in [2.45, 2.75) is 13.8 Å². The highest BCUT2D eigenvalue weighted by molar-refractivity contribution is 4.26. The Balaban J connectivity index is 0. The molecule has 0 unspecified atom stereocenters. The van der Waals surface area contributed by atoms with Crippen LogP contribution in [0, 0.1) is 0 Å². The lowest BCUT2D eigenvalue weighted by molar-refractivity contribution is -0.0813. The van der Waals surface area contributed by atoms with Crippen molar-refractivity contribution in [2.75, 3.05) is 27.2 Å². The summed E-state index contributed by atoms with van der Waals surface area (Å²) in [6.45, 7) is 5.25. The van der Waals surface area contributed by atoms with E-state index in [0.29, 0.717) is 0 Å². The summed E-state index contributed by atoms with van der Waals surface area (Å²) in [7, 11) is 3.75. The van der Waals surface area contributed by atoms with Crippen LogP contribution in [-0.2, 0) is 0 Å². The minimum absolute atomic E-state index is 0.719. The van der Waals surface area contributed by atoms with Crippen LogP contribution in [0.3, 0.4) is 0 Å². The molecule has 0 aromatic carbocycles. The van der Waals surface area contributed by atoms with E-state index < -0.39 is 0 Å². The third-order valence-electron chi connectivity index (χ3n) is 0.730. The lowest BCUT2D eigenvalue weighted by Crippen LogP contribution is -2.16. The van der Waals surface area contributed by atoms with Crippen molar-refractivity contribution in [1.82, 2.24) is 10.4 Å². The molecule has 58 valence electrons. The third-order valence-corrected chi connectivity index (χ3v) is 0.730.